The third-order valence-corrected chi connectivity index (χ3v) is 3.99. The van der Waals surface area contributed by atoms with Gasteiger partial charge >= 0.3 is 5.97 Å². The number of nitrogens with one attached hydrogen (secondary N) is 2. The molecular weight excluding hydrogens is 350 g/mol. The van der Waals surface area contributed by atoms with E-state index in [0.717, 1.165) is 29.5 Å². The van der Waals surface area contributed by atoms with E-state index in [2.05, 4.69) is 15.4 Å². The lowest BCUT2D eigenvalue weighted by Gasteiger charge is -2.14. The lowest BCUT2D eigenvalue weighted by Crippen LogP contribution is -2.23. The Balaban J connectivity index is 2.11. The number of ether oxygens (including phenoxy) is 1. The Bertz CT molecular complexity index is 885. The maximum Gasteiger partial charge on any atom is 0.344 e. The zero-order valence-corrected chi connectivity index (χ0v) is 15.6. The molecule has 1 amide bonds. The molecule has 0 fully saturated rings. The molecule has 0 aliphatic carbocycles. The summed E-state index contributed by atoms with van der Waals surface area (Å²) in [5.74, 6) is -1.09. The quantitative estimate of drug-likeness (QED) is 0.458. The lowest BCUT2D eigenvalue weighted by molar-refractivity contribution is -0.385. The summed E-state index contributed by atoms with van der Waals surface area (Å²) in [5.41, 5.74) is 3.65. The van der Waals surface area contributed by atoms with E-state index in [1.807, 2.05) is 32.9 Å². The molecule has 0 heterocycles. The third-order valence-electron chi connectivity index (χ3n) is 3.99. The highest BCUT2D eigenvalue weighted by Crippen LogP contribution is 2.24. The molecule has 0 unspecified atom stereocenters. The highest BCUT2D eigenvalue weighted by Gasteiger charge is 2.21. The highest BCUT2D eigenvalue weighted by atomic mass is 16.6. The SMILES string of the molecule is COC(=O)c1cc(NCC(=O)Nc2c(C)cc(C)cc2C)ccc1[N+](=O)[O-]. The number of carbonyl (C=O) groups excluding carboxylic acids is 2. The monoisotopic (exact) mass is 371 g/mol. The van der Waals surface area contributed by atoms with Crippen molar-refractivity contribution >= 4 is 28.9 Å². The predicted octanol–water partition coefficient (Wildman–Crippen LogP) is 3.36. The molecule has 8 heteroatoms. The maximum atomic E-state index is 12.3. The molecule has 0 bridgehead atoms. The van der Waals surface area contributed by atoms with Crippen LogP contribution in [-0.2, 0) is 9.53 Å². The third kappa shape index (κ3) is 4.81. The Labute approximate surface area is 156 Å². The number of aryl methyl sites for hydroxylation is 3. The predicted molar refractivity (Wildman–Crippen MR) is 102 cm³/mol. The molecule has 142 valence electrons. The summed E-state index contributed by atoms with van der Waals surface area (Å²) < 4.78 is 4.57. The van der Waals surface area contributed by atoms with Gasteiger partial charge in [0.1, 0.15) is 5.56 Å². The van der Waals surface area contributed by atoms with E-state index in [1.54, 1.807) is 0 Å². The summed E-state index contributed by atoms with van der Waals surface area (Å²) in [6.45, 7) is 5.76. The Morgan fingerprint density at radius 1 is 1.11 bits per heavy atom. The van der Waals surface area contributed by atoms with Crippen LogP contribution < -0.4 is 10.6 Å². The zero-order chi connectivity index (χ0) is 20.1. The molecular formula is C19H21N3O5. The smallest absolute Gasteiger partial charge is 0.344 e. The fourth-order valence-electron chi connectivity index (χ4n) is 2.82. The summed E-state index contributed by atoms with van der Waals surface area (Å²) in [6, 6.07) is 7.88. The van der Waals surface area contributed by atoms with Crippen molar-refractivity contribution in [3.05, 3.63) is 62.7 Å². The number of nitro benzene ring substituents is 1. The van der Waals surface area contributed by atoms with Gasteiger partial charge in [0.05, 0.1) is 18.6 Å². The molecule has 0 atom stereocenters. The van der Waals surface area contributed by atoms with E-state index in [1.165, 1.54) is 18.2 Å². The minimum absolute atomic E-state index is 0.0643. The van der Waals surface area contributed by atoms with Crippen molar-refractivity contribution in [2.75, 3.05) is 24.3 Å². The zero-order valence-electron chi connectivity index (χ0n) is 15.6. The van der Waals surface area contributed by atoms with Crippen LogP contribution in [0, 0.1) is 30.9 Å². The van der Waals surface area contributed by atoms with Gasteiger partial charge in [0.25, 0.3) is 5.69 Å². The average Bonchev–Trinajstić information content (AvgIpc) is 2.61. The summed E-state index contributed by atoms with van der Waals surface area (Å²) >= 11 is 0. The van der Waals surface area contributed by atoms with Crippen molar-refractivity contribution in [3.63, 3.8) is 0 Å². The normalized spacial score (nSPS) is 10.2. The van der Waals surface area contributed by atoms with E-state index >= 15 is 0 Å². The van der Waals surface area contributed by atoms with Gasteiger partial charge in [-0.25, -0.2) is 4.79 Å². The molecule has 8 nitrogen and oxygen atoms in total. The van der Waals surface area contributed by atoms with Crippen molar-refractivity contribution in [2.24, 2.45) is 0 Å². The van der Waals surface area contributed by atoms with Gasteiger partial charge in [0.15, 0.2) is 0 Å². The van der Waals surface area contributed by atoms with Crippen LogP contribution in [0.2, 0.25) is 0 Å². The number of carbonyl (C=O) groups is 2. The van der Waals surface area contributed by atoms with E-state index in [-0.39, 0.29) is 23.7 Å². The first-order valence-electron chi connectivity index (χ1n) is 8.21. The first-order chi connectivity index (χ1) is 12.7. The van der Waals surface area contributed by atoms with Crippen LogP contribution in [0.5, 0.6) is 0 Å². The Kier molecular flexibility index (Phi) is 6.12. The molecule has 0 saturated carbocycles. The fourth-order valence-corrected chi connectivity index (χ4v) is 2.82. The highest BCUT2D eigenvalue weighted by molar-refractivity contribution is 5.97. The molecule has 0 radical (unpaired) electrons. The minimum atomic E-state index is -0.819. The van der Waals surface area contributed by atoms with Crippen molar-refractivity contribution in [2.45, 2.75) is 20.8 Å². The Morgan fingerprint density at radius 3 is 2.30 bits per heavy atom. The number of methoxy groups -OCH3 is 1. The number of nitrogens with zero attached hydrogens (tertiary/aromatic N) is 1. The number of anilines is 2. The second-order valence-corrected chi connectivity index (χ2v) is 6.16. The number of rotatable bonds is 6. The summed E-state index contributed by atoms with van der Waals surface area (Å²) in [5, 5.41) is 16.7. The summed E-state index contributed by atoms with van der Waals surface area (Å²) in [7, 11) is 1.14. The second kappa shape index (κ2) is 8.31. The molecule has 0 aromatic heterocycles. The van der Waals surface area contributed by atoms with Crippen LogP contribution in [0.25, 0.3) is 0 Å². The van der Waals surface area contributed by atoms with Gasteiger partial charge in [-0.3, -0.25) is 14.9 Å². The number of hydrogen-bond acceptors (Lipinski definition) is 6. The van der Waals surface area contributed by atoms with Crippen molar-refractivity contribution < 1.29 is 19.2 Å². The van der Waals surface area contributed by atoms with Crippen LogP contribution >= 0.6 is 0 Å². The lowest BCUT2D eigenvalue weighted by atomic mass is 10.1. The van der Waals surface area contributed by atoms with E-state index in [0.29, 0.717) is 5.69 Å². The molecule has 2 aromatic rings. The molecule has 0 saturated heterocycles. The molecule has 2 rings (SSSR count). The van der Waals surface area contributed by atoms with Crippen LogP contribution in [0.3, 0.4) is 0 Å². The van der Waals surface area contributed by atoms with Crippen LogP contribution in [0.4, 0.5) is 17.1 Å². The molecule has 0 spiro atoms. The number of benzene rings is 2. The number of nitro groups is 1. The minimum Gasteiger partial charge on any atom is -0.465 e. The molecule has 27 heavy (non-hydrogen) atoms. The van der Waals surface area contributed by atoms with Crippen molar-refractivity contribution in [1.29, 1.82) is 0 Å². The van der Waals surface area contributed by atoms with Crippen LogP contribution in [0.15, 0.2) is 30.3 Å². The van der Waals surface area contributed by atoms with E-state index in [4.69, 9.17) is 0 Å². The van der Waals surface area contributed by atoms with Gasteiger partial charge in [-0.1, -0.05) is 17.7 Å². The van der Waals surface area contributed by atoms with Gasteiger partial charge in [-0.05, 0) is 44.0 Å². The molecule has 2 aromatic carbocycles. The second-order valence-electron chi connectivity index (χ2n) is 6.16. The first-order valence-corrected chi connectivity index (χ1v) is 8.21. The molecule has 2 N–H and O–H groups in total. The maximum absolute atomic E-state index is 12.3. The number of hydrogen-bond donors (Lipinski definition) is 2. The number of esters is 1. The van der Waals surface area contributed by atoms with Crippen LogP contribution in [0.1, 0.15) is 27.0 Å². The van der Waals surface area contributed by atoms with E-state index in [9.17, 15) is 19.7 Å². The molecule has 0 aliphatic rings. The van der Waals surface area contributed by atoms with Gasteiger partial charge < -0.3 is 15.4 Å². The number of amides is 1. The van der Waals surface area contributed by atoms with Gasteiger partial charge in [-0.15, -0.1) is 0 Å². The topological polar surface area (TPSA) is 111 Å². The Morgan fingerprint density at radius 2 is 1.74 bits per heavy atom. The van der Waals surface area contributed by atoms with E-state index < -0.39 is 10.9 Å². The van der Waals surface area contributed by atoms with Gasteiger partial charge in [0, 0.05) is 17.4 Å². The van der Waals surface area contributed by atoms with Crippen molar-refractivity contribution in [3.8, 4) is 0 Å². The standard InChI is InChI=1S/C19H21N3O5/c1-11-7-12(2)18(13(3)8-11)21-17(23)10-20-14-5-6-16(22(25)26)15(9-14)19(24)27-4/h5-9,20H,10H2,1-4H3,(H,21,23). The van der Waals surface area contributed by atoms with Crippen molar-refractivity contribution in [1.82, 2.24) is 0 Å². The average molecular weight is 371 g/mol. The largest absolute Gasteiger partial charge is 0.465 e. The first kappa shape index (κ1) is 19.9. The summed E-state index contributed by atoms with van der Waals surface area (Å²) in [6.07, 6.45) is 0. The molecule has 0 aliphatic heterocycles. The van der Waals surface area contributed by atoms with Gasteiger partial charge in [0.2, 0.25) is 5.91 Å². The Hall–Kier alpha value is -3.42. The van der Waals surface area contributed by atoms with Crippen LogP contribution in [-0.4, -0.2) is 30.5 Å². The fraction of sp³-hybridized carbons (Fsp3) is 0.263. The van der Waals surface area contributed by atoms with Gasteiger partial charge in [-0.2, -0.15) is 0 Å². The summed E-state index contributed by atoms with van der Waals surface area (Å²) in [4.78, 5) is 34.4.